The van der Waals surface area contributed by atoms with Crippen LogP contribution in [0.25, 0.3) is 10.9 Å². The number of fused-ring (bicyclic) bond motifs is 8. The van der Waals surface area contributed by atoms with Crippen molar-refractivity contribution in [3.63, 3.8) is 0 Å². The van der Waals surface area contributed by atoms with Crippen molar-refractivity contribution in [2.75, 3.05) is 25.0 Å². The number of nitriles is 1. The minimum Gasteiger partial charge on any atom is -0.361 e. The summed E-state index contributed by atoms with van der Waals surface area (Å²) in [6, 6.07) is 10.5. The Morgan fingerprint density at radius 2 is 1.85 bits per heavy atom. The van der Waals surface area contributed by atoms with Crippen LogP contribution in [0.4, 0.5) is 14.6 Å². The van der Waals surface area contributed by atoms with Gasteiger partial charge < -0.3 is 14.8 Å². The van der Waals surface area contributed by atoms with Crippen molar-refractivity contribution < 1.29 is 8.78 Å². The molecule has 0 unspecified atom stereocenters. The van der Waals surface area contributed by atoms with E-state index >= 15 is 8.78 Å². The van der Waals surface area contributed by atoms with Crippen molar-refractivity contribution in [3.05, 3.63) is 63.6 Å². The number of anilines is 1. The number of benzene rings is 1. The predicted molar refractivity (Wildman–Crippen MR) is 150 cm³/mol. The van der Waals surface area contributed by atoms with Crippen molar-refractivity contribution in [1.82, 2.24) is 19.7 Å². The van der Waals surface area contributed by atoms with Crippen molar-refractivity contribution in [1.29, 1.82) is 5.26 Å². The van der Waals surface area contributed by atoms with Gasteiger partial charge >= 0.3 is 0 Å². The number of nitrogens with one attached hydrogen (secondary N) is 1. The van der Waals surface area contributed by atoms with Crippen LogP contribution in [-0.2, 0) is 17.9 Å². The molecule has 4 aliphatic rings. The molecule has 1 saturated heterocycles. The van der Waals surface area contributed by atoms with Gasteiger partial charge in [-0.1, -0.05) is 31.0 Å². The summed E-state index contributed by atoms with van der Waals surface area (Å²) < 4.78 is 32.3. The molecule has 1 aromatic carbocycles. The zero-order valence-electron chi connectivity index (χ0n) is 23.0. The Bertz CT molecular complexity index is 1500. The first-order valence-electron chi connectivity index (χ1n) is 14.6. The molecule has 8 bridgehead atoms. The van der Waals surface area contributed by atoms with Crippen molar-refractivity contribution >= 4 is 16.7 Å². The molecule has 7 rings (SSSR count). The molecule has 2 aromatic heterocycles. The summed E-state index contributed by atoms with van der Waals surface area (Å²) in [7, 11) is 0. The summed E-state index contributed by atoms with van der Waals surface area (Å²) >= 11 is 0. The van der Waals surface area contributed by atoms with Gasteiger partial charge in [-0.2, -0.15) is 10.4 Å². The fourth-order valence-electron chi connectivity index (χ4n) is 6.30. The first-order chi connectivity index (χ1) is 19.3. The fourth-order valence-corrected chi connectivity index (χ4v) is 6.30. The van der Waals surface area contributed by atoms with Crippen LogP contribution in [0, 0.1) is 17.2 Å². The van der Waals surface area contributed by atoms with E-state index in [0.29, 0.717) is 48.6 Å². The topological polar surface area (TPSA) is 86.8 Å². The van der Waals surface area contributed by atoms with Crippen LogP contribution in [0.5, 0.6) is 0 Å². The van der Waals surface area contributed by atoms with Crippen molar-refractivity contribution in [2.45, 2.75) is 82.2 Å². The Hall–Kier alpha value is -3.38. The van der Waals surface area contributed by atoms with E-state index < -0.39 is 11.3 Å². The lowest BCUT2D eigenvalue weighted by Crippen LogP contribution is -2.47. The average molecular weight is 547 g/mol. The molecule has 210 valence electrons. The van der Waals surface area contributed by atoms with Crippen molar-refractivity contribution in [2.24, 2.45) is 5.92 Å². The number of pyridine rings is 1. The molecule has 9 heteroatoms. The molecule has 1 aliphatic carbocycles. The zero-order valence-corrected chi connectivity index (χ0v) is 23.0. The van der Waals surface area contributed by atoms with E-state index in [4.69, 9.17) is 0 Å². The first kappa shape index (κ1) is 26.8. The number of halogens is 2. The van der Waals surface area contributed by atoms with Crippen LogP contribution in [0.1, 0.15) is 81.0 Å². The molecule has 3 aromatic rings. The van der Waals surface area contributed by atoms with Crippen LogP contribution < -0.4 is 10.9 Å². The number of alkyl halides is 2. The van der Waals surface area contributed by atoms with Gasteiger partial charge in [-0.3, -0.25) is 4.79 Å². The highest BCUT2D eigenvalue weighted by atomic mass is 19.3. The zero-order chi connectivity index (χ0) is 27.9. The molecule has 1 saturated carbocycles. The smallest absolute Gasteiger partial charge is 0.273 e. The molecule has 0 radical (unpaired) electrons. The van der Waals surface area contributed by atoms with Gasteiger partial charge in [0.25, 0.3) is 11.5 Å². The number of rotatable bonds is 1. The number of hydrogen-bond acceptors (Lipinski definition) is 6. The molecule has 2 fully saturated rings. The Kier molecular flexibility index (Phi) is 7.07. The molecule has 1 N–H and O–H groups in total. The number of nitrogens with zero attached hydrogens (tertiary/aromatic N) is 5. The third kappa shape index (κ3) is 5.10. The second kappa shape index (κ2) is 10.5. The molecule has 3 aliphatic heterocycles. The lowest BCUT2D eigenvalue weighted by molar-refractivity contribution is -0.0291. The largest absolute Gasteiger partial charge is 0.361 e. The maximum Gasteiger partial charge on any atom is 0.273 e. The van der Waals surface area contributed by atoms with Gasteiger partial charge in [-0.15, -0.1) is 5.10 Å². The van der Waals surface area contributed by atoms with Crippen LogP contribution >= 0.6 is 0 Å². The molecule has 40 heavy (non-hydrogen) atoms. The Labute approximate surface area is 233 Å². The summed E-state index contributed by atoms with van der Waals surface area (Å²) in [5, 5.41) is 22.6. The highest BCUT2D eigenvalue weighted by molar-refractivity contribution is 5.89. The Morgan fingerprint density at radius 1 is 1.07 bits per heavy atom. The highest BCUT2D eigenvalue weighted by Crippen LogP contribution is 2.47. The maximum absolute atomic E-state index is 15.3. The summed E-state index contributed by atoms with van der Waals surface area (Å²) in [5.74, 6) is -2.08. The van der Waals surface area contributed by atoms with Gasteiger partial charge in [0.05, 0.1) is 29.2 Å². The molecule has 1 atom stereocenters. The quantitative estimate of drug-likeness (QED) is 0.409. The Morgan fingerprint density at radius 3 is 2.60 bits per heavy atom. The van der Waals surface area contributed by atoms with E-state index in [2.05, 4.69) is 26.5 Å². The van der Waals surface area contributed by atoms with Gasteiger partial charge in [0.15, 0.2) is 5.82 Å². The fraction of sp³-hybridized carbons (Fsp3) is 0.548. The lowest BCUT2D eigenvalue weighted by Gasteiger charge is -2.40. The predicted octanol–water partition coefficient (Wildman–Crippen LogP) is 5.90. The van der Waals surface area contributed by atoms with Gasteiger partial charge in [0.2, 0.25) is 0 Å². The van der Waals surface area contributed by atoms with E-state index in [9.17, 15) is 10.1 Å². The monoisotopic (exact) mass is 546 g/mol. The second-order valence-corrected chi connectivity index (χ2v) is 12.0. The van der Waals surface area contributed by atoms with E-state index in [1.165, 1.54) is 6.07 Å². The van der Waals surface area contributed by atoms with Crippen LogP contribution in [0.2, 0.25) is 0 Å². The van der Waals surface area contributed by atoms with Crippen LogP contribution in [-0.4, -0.2) is 39.3 Å². The minimum atomic E-state index is -2.89. The second-order valence-electron chi connectivity index (χ2n) is 12.0. The summed E-state index contributed by atoms with van der Waals surface area (Å²) in [4.78, 5) is 16.0. The molecule has 7 nitrogen and oxygen atoms in total. The summed E-state index contributed by atoms with van der Waals surface area (Å²) in [6.07, 6.45) is 7.27. The molecular formula is C31H36F2N6O. The molecule has 5 heterocycles. The highest BCUT2D eigenvalue weighted by Gasteiger charge is 2.47. The normalized spacial score (nSPS) is 26.1. The van der Waals surface area contributed by atoms with Crippen molar-refractivity contribution in [3.8, 4) is 6.07 Å². The molecular weight excluding hydrogens is 510 g/mol. The van der Waals surface area contributed by atoms with Crippen LogP contribution in [0.15, 0.2) is 41.3 Å². The first-order valence-corrected chi connectivity index (χ1v) is 14.6. The third-order valence-electron chi connectivity index (χ3n) is 9.07. The van der Waals surface area contributed by atoms with Crippen LogP contribution in [0.3, 0.4) is 0 Å². The molecule has 0 amide bonds. The maximum atomic E-state index is 15.3. The third-order valence-corrected chi connectivity index (χ3v) is 9.07. The van der Waals surface area contributed by atoms with Gasteiger partial charge in [-0.25, -0.2) is 8.78 Å². The van der Waals surface area contributed by atoms with E-state index in [-0.39, 0.29) is 23.6 Å². The average Bonchev–Trinajstić information content (AvgIpc) is 3.72. The number of hydrogen-bond donors (Lipinski definition) is 1. The standard InChI is InChI=1S/C31H36F2N6O/c1-21-23-7-6-8-24(15-23)31(32,33)10-9-22-18-38(19-22)13-4-2-3-5-14-39-27-17-35-37-28(36-21)25(27)16-26(29(39)40)30(20-34)11-12-30/h6-8,15-17,21-22H,2-5,9-14,18-19H2,1H3,(H,36,37)/t21-/m1/s1. The van der Waals surface area contributed by atoms with Gasteiger partial charge in [0.1, 0.15) is 0 Å². The minimum absolute atomic E-state index is 0.0329. The van der Waals surface area contributed by atoms with Gasteiger partial charge in [-0.05, 0) is 69.2 Å². The number of aromatic nitrogens is 3. The Balaban J connectivity index is 1.39. The van der Waals surface area contributed by atoms with E-state index in [1.54, 1.807) is 29.0 Å². The lowest BCUT2D eigenvalue weighted by atomic mass is 9.90. The number of aryl methyl sites for hydroxylation is 1. The molecule has 0 spiro atoms. The SMILES string of the molecule is C[C@H]1Nc2nncc3c2cc(C2(C#N)CC2)c(=O)n3CCCCCCN2CC(CCC(F)(F)c3cccc1c3)C2. The van der Waals surface area contributed by atoms with E-state index in [0.717, 1.165) is 56.3 Å². The summed E-state index contributed by atoms with van der Waals surface area (Å²) in [6.45, 7) is 5.24. The summed E-state index contributed by atoms with van der Waals surface area (Å²) in [5.41, 5.74) is 1.06. The van der Waals surface area contributed by atoms with Gasteiger partial charge in [0, 0.05) is 42.6 Å². The van der Waals surface area contributed by atoms with E-state index in [1.807, 2.05) is 13.0 Å².